The third-order valence-electron chi connectivity index (χ3n) is 11.0. The number of fused-ring (bicyclic) bond motifs is 3. The summed E-state index contributed by atoms with van der Waals surface area (Å²) >= 11 is 10.3. The highest BCUT2D eigenvalue weighted by atomic mass is 79.9. The number of halogens is 3. The Balaban J connectivity index is 0.000000149. The van der Waals surface area contributed by atoms with E-state index in [0.717, 1.165) is 63.3 Å². The van der Waals surface area contributed by atoms with Crippen LogP contribution in [-0.2, 0) is 33.9 Å². The van der Waals surface area contributed by atoms with E-state index >= 15 is 0 Å². The lowest BCUT2D eigenvalue weighted by molar-refractivity contribution is -0.136. The van der Waals surface area contributed by atoms with Gasteiger partial charge in [0.2, 0.25) is 0 Å². The fraction of sp³-hybridized carbons (Fsp3) is 0.192. The fourth-order valence-electron chi connectivity index (χ4n) is 7.77. The molecule has 0 atom stereocenters. The minimum atomic E-state index is -0.955. The van der Waals surface area contributed by atoms with Crippen molar-refractivity contribution >= 4 is 98.9 Å². The Labute approximate surface area is 412 Å². The monoisotopic (exact) mass is 1090 g/mol. The summed E-state index contributed by atoms with van der Waals surface area (Å²) in [6.07, 6.45) is 10.7. The van der Waals surface area contributed by atoms with E-state index in [2.05, 4.69) is 74.5 Å². The van der Waals surface area contributed by atoms with Crippen molar-refractivity contribution in [2.45, 2.75) is 53.8 Å². The summed E-state index contributed by atoms with van der Waals surface area (Å²) in [6.45, 7) is 9.97. The van der Waals surface area contributed by atoms with Gasteiger partial charge in [-0.25, -0.2) is 14.4 Å². The fourth-order valence-corrected chi connectivity index (χ4v) is 8.56. The summed E-state index contributed by atoms with van der Waals surface area (Å²) in [5, 5.41) is 11.2. The molecule has 0 radical (unpaired) electrons. The molecule has 9 rings (SSSR count). The molecule has 12 nitrogen and oxygen atoms in total. The van der Waals surface area contributed by atoms with Crippen LogP contribution in [0.4, 0.5) is 0 Å². The molecule has 0 saturated carbocycles. The second-order valence-electron chi connectivity index (χ2n) is 15.5. The molecule has 1 aliphatic rings. The van der Waals surface area contributed by atoms with Gasteiger partial charge in [0.1, 0.15) is 11.1 Å². The Kier molecular flexibility index (Phi) is 15.9. The minimum absolute atomic E-state index is 0.0302. The Morgan fingerprint density at radius 3 is 1.48 bits per heavy atom. The lowest BCUT2D eigenvalue weighted by Gasteiger charge is -2.17. The third-order valence-corrected chi connectivity index (χ3v) is 12.6. The average Bonchev–Trinajstić information content (AvgIpc) is 4.06. The summed E-state index contributed by atoms with van der Waals surface area (Å²) in [6, 6.07) is 29.8. The normalized spacial score (nSPS) is 11.8. The van der Waals surface area contributed by atoms with Crippen LogP contribution in [0, 0.1) is 13.8 Å². The maximum absolute atomic E-state index is 12.2. The number of carbonyl (C=O) groups is 4. The Bertz CT molecular complexity index is 3130. The first-order chi connectivity index (χ1) is 32.3. The Morgan fingerprint density at radius 2 is 1.01 bits per heavy atom. The van der Waals surface area contributed by atoms with Gasteiger partial charge in [-0.15, -0.1) is 0 Å². The van der Waals surface area contributed by atoms with Crippen molar-refractivity contribution in [3.05, 3.63) is 192 Å². The molecule has 15 heteroatoms. The van der Waals surface area contributed by atoms with Crippen LogP contribution in [0.3, 0.4) is 0 Å². The molecule has 67 heavy (non-hydrogen) atoms. The molecule has 0 unspecified atom stereocenters. The smallest absolute Gasteiger partial charge is 0.341 e. The zero-order chi connectivity index (χ0) is 47.8. The quantitative estimate of drug-likeness (QED) is 0.125. The number of allylic oxidation sites excluding steroid dienone is 1. The van der Waals surface area contributed by atoms with Gasteiger partial charge in [-0.1, -0.05) is 90.3 Å². The van der Waals surface area contributed by atoms with Gasteiger partial charge in [0.25, 0.3) is 0 Å². The van der Waals surface area contributed by atoms with Gasteiger partial charge in [-0.2, -0.15) is 0 Å². The average molecular weight is 1090 g/mol. The second-order valence-corrected chi connectivity index (χ2v) is 18.2. The van der Waals surface area contributed by atoms with Crippen molar-refractivity contribution in [3.63, 3.8) is 0 Å². The number of hydrogen-bond acceptors (Lipinski definition) is 8. The van der Waals surface area contributed by atoms with E-state index in [9.17, 15) is 24.3 Å². The molecule has 3 aromatic carbocycles. The van der Waals surface area contributed by atoms with Crippen LogP contribution in [0.2, 0.25) is 0 Å². The number of pyridine rings is 2. The highest BCUT2D eigenvalue weighted by molar-refractivity contribution is 9.11. The number of carboxylic acid groups (broad SMARTS) is 1. The molecule has 0 spiro atoms. The van der Waals surface area contributed by atoms with Crippen LogP contribution in [0.15, 0.2) is 141 Å². The molecule has 342 valence electrons. The maximum Gasteiger partial charge on any atom is 0.341 e. The summed E-state index contributed by atoms with van der Waals surface area (Å²) in [5.74, 6) is -1.64. The molecule has 0 saturated heterocycles. The number of benzene rings is 3. The lowest BCUT2D eigenvalue weighted by atomic mass is 9.96. The summed E-state index contributed by atoms with van der Waals surface area (Å²) in [4.78, 5) is 56.4. The van der Waals surface area contributed by atoms with E-state index in [0.29, 0.717) is 55.2 Å². The number of nitrogens with zero attached hydrogens (tertiary/aromatic N) is 5. The van der Waals surface area contributed by atoms with E-state index in [4.69, 9.17) is 9.47 Å². The predicted molar refractivity (Wildman–Crippen MR) is 270 cm³/mol. The molecule has 1 aliphatic carbocycles. The van der Waals surface area contributed by atoms with Gasteiger partial charge in [0.15, 0.2) is 5.78 Å². The Hall–Kier alpha value is -6.42. The number of carbonyl (C=O) groups excluding carboxylic acids is 3. The number of esters is 2. The number of carboxylic acids is 1. The van der Waals surface area contributed by atoms with Crippen LogP contribution >= 0.6 is 47.8 Å². The third kappa shape index (κ3) is 11.4. The largest absolute Gasteiger partial charge is 0.478 e. The van der Waals surface area contributed by atoms with Crippen molar-refractivity contribution in [1.82, 2.24) is 23.7 Å². The molecule has 0 bridgehead atoms. The molecule has 1 N–H and O–H groups in total. The van der Waals surface area contributed by atoms with Crippen LogP contribution < -0.4 is 0 Å². The summed E-state index contributed by atoms with van der Waals surface area (Å²) < 4.78 is 19.3. The number of aromatic nitrogens is 5. The van der Waals surface area contributed by atoms with Crippen molar-refractivity contribution in [2.24, 2.45) is 0 Å². The highest BCUT2D eigenvalue weighted by Gasteiger charge is 2.28. The van der Waals surface area contributed by atoms with Gasteiger partial charge in [0, 0.05) is 98.2 Å². The minimum Gasteiger partial charge on any atom is -0.478 e. The number of rotatable bonds is 11. The van der Waals surface area contributed by atoms with E-state index in [-0.39, 0.29) is 29.7 Å². The van der Waals surface area contributed by atoms with Crippen LogP contribution in [0.1, 0.15) is 85.1 Å². The number of ketones is 1. The zero-order valence-electron chi connectivity index (χ0n) is 37.1. The van der Waals surface area contributed by atoms with Crippen LogP contribution in [-0.4, -0.2) is 65.7 Å². The van der Waals surface area contributed by atoms with Crippen molar-refractivity contribution in [2.75, 3.05) is 13.2 Å². The second kappa shape index (κ2) is 21.9. The standard InChI is InChI=1S/C18H17BrN2O2.C18H16BrNO3.C16H13BrN2O2/c1-3-23-18(22)16-10-20-12(2)15-8-9-21(17(15)16)11-13-4-6-14(19)7-5-13;1-2-23-18(22)15-7-8-16(21)14-9-10-20(17(14)15)11-12-3-5-13(19)6-4-12;1-10-13-6-7-19(9-11-2-4-12(17)5-3-11)15(13)14(8-18-10)16(20)21/h4-10H,3,11H2,1-2H3;3-7,9-10H,2,8,11H2,1H3;2-8H,9H2,1H3,(H,20,21). The molecule has 0 amide bonds. The maximum atomic E-state index is 12.2. The van der Waals surface area contributed by atoms with E-state index in [1.165, 1.54) is 6.20 Å². The zero-order valence-corrected chi connectivity index (χ0v) is 41.9. The van der Waals surface area contributed by atoms with Crippen molar-refractivity contribution in [1.29, 1.82) is 0 Å². The molecule has 5 heterocycles. The molecular formula is C52H46Br3N5O7. The SMILES string of the molecule is CCOC(=O)C1=CCC(=O)c2ccn(Cc3ccc(Br)cc3)c21.CCOC(=O)c1cnc(C)c2ccn(Cc3ccc(Br)cc3)c12.Cc1ncc(C(=O)O)c2c1ccn2Cc1ccc(Br)cc1. The van der Waals surface area contributed by atoms with Gasteiger partial charge < -0.3 is 28.3 Å². The molecule has 8 aromatic rings. The number of ether oxygens (including phenoxy) is 2. The van der Waals surface area contributed by atoms with E-state index < -0.39 is 5.97 Å². The first kappa shape index (κ1) is 48.5. The van der Waals surface area contributed by atoms with Crippen LogP contribution in [0.25, 0.3) is 27.4 Å². The summed E-state index contributed by atoms with van der Waals surface area (Å²) in [7, 11) is 0. The number of Topliss-reactive ketones (excluding diaryl/α,β-unsaturated/α-hetero) is 1. The number of aryl methyl sites for hydroxylation is 2. The highest BCUT2D eigenvalue weighted by Crippen LogP contribution is 2.30. The van der Waals surface area contributed by atoms with Gasteiger partial charge in [-0.05, 0) is 99.0 Å². The van der Waals surface area contributed by atoms with E-state index in [1.807, 2.05) is 114 Å². The predicted octanol–water partition coefficient (Wildman–Crippen LogP) is 12.0. The molecule has 0 aliphatic heterocycles. The van der Waals surface area contributed by atoms with Crippen molar-refractivity contribution in [3.8, 4) is 0 Å². The van der Waals surface area contributed by atoms with E-state index in [1.54, 1.807) is 32.2 Å². The molecular weight excluding hydrogens is 1050 g/mol. The van der Waals surface area contributed by atoms with Gasteiger partial charge in [0.05, 0.1) is 35.5 Å². The first-order valence-electron chi connectivity index (χ1n) is 21.4. The Morgan fingerprint density at radius 1 is 0.597 bits per heavy atom. The van der Waals surface area contributed by atoms with Crippen molar-refractivity contribution < 1.29 is 33.8 Å². The van der Waals surface area contributed by atoms with Gasteiger partial charge >= 0.3 is 17.9 Å². The number of hydrogen-bond donors (Lipinski definition) is 1. The summed E-state index contributed by atoms with van der Waals surface area (Å²) in [5.41, 5.74) is 9.17. The number of aromatic carboxylic acids is 1. The lowest BCUT2D eigenvalue weighted by Crippen LogP contribution is -2.17. The first-order valence-corrected chi connectivity index (χ1v) is 23.8. The van der Waals surface area contributed by atoms with Gasteiger partial charge in [-0.3, -0.25) is 14.8 Å². The molecule has 0 fully saturated rings. The molecule has 5 aromatic heterocycles. The van der Waals surface area contributed by atoms with Crippen LogP contribution in [0.5, 0.6) is 0 Å². The topological polar surface area (TPSA) is 148 Å².